The average molecular weight is 418 g/mol. The zero-order valence-corrected chi connectivity index (χ0v) is 17.4. The van der Waals surface area contributed by atoms with Gasteiger partial charge in [0.25, 0.3) is 0 Å². The highest BCUT2D eigenvalue weighted by molar-refractivity contribution is 5.81. The van der Waals surface area contributed by atoms with Crippen molar-refractivity contribution < 1.29 is 19.5 Å². The summed E-state index contributed by atoms with van der Waals surface area (Å²) in [7, 11) is 0. The second kappa shape index (κ2) is 11.5. The molecule has 0 fully saturated rings. The van der Waals surface area contributed by atoms with Crippen LogP contribution in [0, 0.1) is 0 Å². The van der Waals surface area contributed by atoms with E-state index in [4.69, 9.17) is 9.57 Å². The van der Waals surface area contributed by atoms with Crippen LogP contribution in [0.5, 0.6) is 5.75 Å². The van der Waals surface area contributed by atoms with E-state index < -0.39 is 12.1 Å². The molecule has 1 aromatic heterocycles. The highest BCUT2D eigenvalue weighted by Gasteiger charge is 2.19. The SMILES string of the molecule is CC(CCCC(Oc1ccccc1)C(=O)O)=NOC(c1ccccc1)c1cccnc1. The monoisotopic (exact) mass is 418 g/mol. The van der Waals surface area contributed by atoms with Crippen molar-refractivity contribution in [1.82, 2.24) is 4.98 Å². The highest BCUT2D eigenvalue weighted by Crippen LogP contribution is 2.25. The number of carbonyl (C=O) groups is 1. The number of rotatable bonds is 11. The maximum absolute atomic E-state index is 11.5. The zero-order chi connectivity index (χ0) is 21.9. The minimum Gasteiger partial charge on any atom is -0.479 e. The second-order valence-corrected chi connectivity index (χ2v) is 7.16. The number of carboxylic acid groups (broad SMARTS) is 1. The Morgan fingerprint density at radius 3 is 2.32 bits per heavy atom. The molecule has 2 atom stereocenters. The van der Waals surface area contributed by atoms with Gasteiger partial charge in [0.05, 0.1) is 5.71 Å². The van der Waals surface area contributed by atoms with Crippen molar-refractivity contribution in [2.75, 3.05) is 0 Å². The molecule has 6 nitrogen and oxygen atoms in total. The minimum absolute atomic E-state index is 0.363. The molecule has 31 heavy (non-hydrogen) atoms. The quantitative estimate of drug-likeness (QED) is 0.339. The third kappa shape index (κ3) is 6.96. The Balaban J connectivity index is 1.57. The third-order valence-electron chi connectivity index (χ3n) is 4.71. The first-order valence-corrected chi connectivity index (χ1v) is 10.2. The molecule has 0 bridgehead atoms. The van der Waals surface area contributed by atoms with Gasteiger partial charge in [0.1, 0.15) is 5.75 Å². The molecule has 3 aromatic rings. The lowest BCUT2D eigenvalue weighted by atomic mass is 10.0. The zero-order valence-electron chi connectivity index (χ0n) is 17.4. The molecule has 1 heterocycles. The molecule has 0 amide bonds. The lowest BCUT2D eigenvalue weighted by Gasteiger charge is -2.17. The van der Waals surface area contributed by atoms with E-state index >= 15 is 0 Å². The molecule has 0 aliphatic rings. The first-order valence-electron chi connectivity index (χ1n) is 10.2. The van der Waals surface area contributed by atoms with Crippen LogP contribution < -0.4 is 4.74 Å². The Kier molecular flexibility index (Phi) is 8.17. The summed E-state index contributed by atoms with van der Waals surface area (Å²) in [4.78, 5) is 21.6. The largest absolute Gasteiger partial charge is 0.479 e. The maximum Gasteiger partial charge on any atom is 0.344 e. The van der Waals surface area contributed by atoms with Crippen molar-refractivity contribution >= 4 is 11.7 Å². The number of hydrogen-bond acceptors (Lipinski definition) is 5. The van der Waals surface area contributed by atoms with Gasteiger partial charge < -0.3 is 14.7 Å². The Morgan fingerprint density at radius 1 is 1.00 bits per heavy atom. The first-order chi connectivity index (χ1) is 15.1. The van der Waals surface area contributed by atoms with Gasteiger partial charge in [-0.2, -0.15) is 0 Å². The molecule has 3 rings (SSSR count). The number of oxime groups is 1. The Morgan fingerprint density at radius 2 is 1.68 bits per heavy atom. The van der Waals surface area contributed by atoms with Gasteiger partial charge >= 0.3 is 5.97 Å². The summed E-state index contributed by atoms with van der Waals surface area (Å²) in [5.41, 5.74) is 2.68. The normalized spacial score (nSPS) is 13.3. The van der Waals surface area contributed by atoms with Crippen LogP contribution in [0.15, 0.2) is 90.3 Å². The Bertz CT molecular complexity index is 923. The molecular weight excluding hydrogens is 392 g/mol. The van der Waals surface area contributed by atoms with Crippen LogP contribution in [-0.2, 0) is 9.63 Å². The van der Waals surface area contributed by atoms with Gasteiger partial charge in [0.2, 0.25) is 0 Å². The van der Waals surface area contributed by atoms with Gasteiger partial charge in [0, 0.05) is 18.0 Å². The van der Waals surface area contributed by atoms with Gasteiger partial charge in [0.15, 0.2) is 12.2 Å². The van der Waals surface area contributed by atoms with E-state index in [1.807, 2.05) is 67.6 Å². The van der Waals surface area contributed by atoms with Crippen LogP contribution in [0.25, 0.3) is 0 Å². The van der Waals surface area contributed by atoms with Crippen LogP contribution in [0.2, 0.25) is 0 Å². The van der Waals surface area contributed by atoms with Crippen molar-refractivity contribution in [2.24, 2.45) is 5.16 Å². The summed E-state index contributed by atoms with van der Waals surface area (Å²) in [6, 6.07) is 22.6. The van der Waals surface area contributed by atoms with Crippen LogP contribution in [-0.4, -0.2) is 27.9 Å². The van der Waals surface area contributed by atoms with Crippen molar-refractivity contribution in [3.63, 3.8) is 0 Å². The van der Waals surface area contributed by atoms with Crippen LogP contribution in [0.1, 0.15) is 43.4 Å². The number of ether oxygens (including phenoxy) is 1. The van der Waals surface area contributed by atoms with Gasteiger partial charge in [-0.25, -0.2) is 4.79 Å². The summed E-state index contributed by atoms with van der Waals surface area (Å²) < 4.78 is 5.59. The average Bonchev–Trinajstić information content (AvgIpc) is 2.80. The minimum atomic E-state index is -0.976. The summed E-state index contributed by atoms with van der Waals surface area (Å²) in [6.45, 7) is 1.87. The predicted molar refractivity (Wildman–Crippen MR) is 119 cm³/mol. The van der Waals surface area contributed by atoms with Crippen LogP contribution in [0.3, 0.4) is 0 Å². The molecule has 2 unspecified atom stereocenters. The number of nitrogens with zero attached hydrogens (tertiary/aromatic N) is 2. The molecule has 160 valence electrons. The number of pyridine rings is 1. The van der Waals surface area contributed by atoms with E-state index in [1.54, 1.807) is 24.5 Å². The van der Waals surface area contributed by atoms with Crippen molar-refractivity contribution in [2.45, 2.75) is 38.4 Å². The number of aliphatic carboxylic acids is 1. The van der Waals surface area contributed by atoms with Crippen LogP contribution in [0.4, 0.5) is 0 Å². The molecule has 6 heteroatoms. The van der Waals surface area contributed by atoms with Crippen molar-refractivity contribution in [1.29, 1.82) is 0 Å². The molecule has 1 N–H and O–H groups in total. The van der Waals surface area contributed by atoms with E-state index in [-0.39, 0.29) is 6.10 Å². The lowest BCUT2D eigenvalue weighted by Crippen LogP contribution is -2.27. The fourth-order valence-electron chi connectivity index (χ4n) is 3.10. The molecular formula is C25H26N2O4. The number of hydrogen-bond donors (Lipinski definition) is 1. The third-order valence-corrected chi connectivity index (χ3v) is 4.71. The predicted octanol–water partition coefficient (Wildman–Crippen LogP) is 5.27. The Hall–Kier alpha value is -3.67. The maximum atomic E-state index is 11.5. The number of para-hydroxylation sites is 1. The fourth-order valence-corrected chi connectivity index (χ4v) is 3.10. The second-order valence-electron chi connectivity index (χ2n) is 7.16. The van der Waals surface area contributed by atoms with Crippen molar-refractivity contribution in [3.8, 4) is 5.75 Å². The fraction of sp³-hybridized carbons (Fsp3) is 0.240. The van der Waals surface area contributed by atoms with E-state index in [2.05, 4.69) is 10.1 Å². The lowest BCUT2D eigenvalue weighted by molar-refractivity contribution is -0.145. The number of aromatic nitrogens is 1. The van der Waals surface area contributed by atoms with E-state index in [0.717, 1.165) is 16.8 Å². The van der Waals surface area contributed by atoms with Crippen LogP contribution >= 0.6 is 0 Å². The smallest absolute Gasteiger partial charge is 0.344 e. The van der Waals surface area contributed by atoms with E-state index in [0.29, 0.717) is 25.0 Å². The molecule has 0 aliphatic carbocycles. The summed E-state index contributed by atoms with van der Waals surface area (Å²) in [6.07, 6.45) is 3.82. The molecule has 0 saturated heterocycles. The summed E-state index contributed by atoms with van der Waals surface area (Å²) in [5.74, 6) is -0.429. The molecule has 0 aliphatic heterocycles. The summed E-state index contributed by atoms with van der Waals surface area (Å²) >= 11 is 0. The summed E-state index contributed by atoms with van der Waals surface area (Å²) in [5, 5.41) is 13.7. The Labute approximate surface area is 182 Å². The van der Waals surface area contributed by atoms with E-state index in [1.165, 1.54) is 0 Å². The number of carboxylic acids is 1. The van der Waals surface area contributed by atoms with Gasteiger partial charge in [-0.15, -0.1) is 0 Å². The number of benzene rings is 2. The van der Waals surface area contributed by atoms with Crippen molar-refractivity contribution in [3.05, 3.63) is 96.3 Å². The standard InChI is InChI=1S/C25H26N2O4/c1-19(10-8-16-23(25(28)29)30-22-14-6-3-7-15-22)27-31-24(20-11-4-2-5-12-20)21-13-9-17-26-18-21/h2-7,9,11-15,17-18,23-24H,8,10,16H2,1H3,(H,28,29). The highest BCUT2D eigenvalue weighted by atomic mass is 16.6. The topological polar surface area (TPSA) is 81.0 Å². The first kappa shape index (κ1) is 22.0. The van der Waals surface area contributed by atoms with Gasteiger partial charge in [-0.05, 0) is 49.9 Å². The molecule has 2 aromatic carbocycles. The molecule has 0 saturated carbocycles. The van der Waals surface area contributed by atoms with E-state index in [9.17, 15) is 9.90 Å². The van der Waals surface area contributed by atoms with Gasteiger partial charge in [-0.3, -0.25) is 4.98 Å². The van der Waals surface area contributed by atoms with Gasteiger partial charge in [-0.1, -0.05) is 59.8 Å². The molecule has 0 spiro atoms. The molecule has 0 radical (unpaired) electrons.